The van der Waals surface area contributed by atoms with E-state index < -0.39 is 0 Å². The molecule has 0 spiro atoms. The fourth-order valence-corrected chi connectivity index (χ4v) is 2.07. The van der Waals surface area contributed by atoms with Crippen molar-refractivity contribution in [2.75, 3.05) is 0 Å². The maximum Gasteiger partial charge on any atom is 0.130 e. The van der Waals surface area contributed by atoms with E-state index in [1.54, 1.807) is 6.20 Å². The lowest BCUT2D eigenvalue weighted by molar-refractivity contribution is 0.295. The van der Waals surface area contributed by atoms with E-state index in [9.17, 15) is 0 Å². The summed E-state index contributed by atoms with van der Waals surface area (Å²) in [5, 5.41) is 4.15. The van der Waals surface area contributed by atoms with Crippen LogP contribution < -0.4 is 10.1 Å². The van der Waals surface area contributed by atoms with Crippen LogP contribution in [0.4, 0.5) is 0 Å². The van der Waals surface area contributed by atoms with Crippen LogP contribution in [-0.4, -0.2) is 10.5 Å². The molecule has 0 bridgehead atoms. The Hall–Kier alpha value is -1.58. The zero-order valence-electron chi connectivity index (χ0n) is 12.7. The van der Waals surface area contributed by atoms with Crippen LogP contribution in [0.2, 0.25) is 5.02 Å². The topological polar surface area (TPSA) is 34.1 Å². The van der Waals surface area contributed by atoms with Crippen LogP contribution in [0.25, 0.3) is 0 Å². The molecule has 0 aliphatic rings. The molecule has 112 valence electrons. The zero-order chi connectivity index (χ0) is 15.3. The van der Waals surface area contributed by atoms with E-state index in [-0.39, 0.29) is 5.54 Å². The van der Waals surface area contributed by atoms with Crippen molar-refractivity contribution in [3.63, 3.8) is 0 Å². The molecule has 0 saturated heterocycles. The van der Waals surface area contributed by atoms with Crippen LogP contribution in [-0.2, 0) is 13.2 Å². The molecule has 0 radical (unpaired) electrons. The summed E-state index contributed by atoms with van der Waals surface area (Å²) < 4.78 is 5.88. The molecule has 0 atom stereocenters. The van der Waals surface area contributed by atoms with Gasteiger partial charge in [-0.3, -0.25) is 4.98 Å². The molecule has 2 rings (SSSR count). The van der Waals surface area contributed by atoms with Crippen LogP contribution in [0.15, 0.2) is 42.6 Å². The highest BCUT2D eigenvalue weighted by Crippen LogP contribution is 2.27. The third-order valence-corrected chi connectivity index (χ3v) is 3.33. The highest BCUT2D eigenvalue weighted by Gasteiger charge is 2.13. The van der Waals surface area contributed by atoms with Gasteiger partial charge in [0, 0.05) is 28.9 Å². The molecular formula is C17H21ClN2O. The summed E-state index contributed by atoms with van der Waals surface area (Å²) >= 11 is 6.30. The second kappa shape index (κ2) is 6.92. The SMILES string of the molecule is CC(C)(C)NCc1c(Cl)cccc1OCc1ccccn1. The molecule has 0 aliphatic heterocycles. The van der Waals surface area contributed by atoms with E-state index in [0.717, 1.165) is 17.0 Å². The van der Waals surface area contributed by atoms with Crippen molar-refractivity contribution in [1.82, 2.24) is 10.3 Å². The minimum Gasteiger partial charge on any atom is -0.487 e. The Kier molecular flexibility index (Phi) is 5.21. The van der Waals surface area contributed by atoms with E-state index in [2.05, 4.69) is 31.1 Å². The first-order chi connectivity index (χ1) is 9.96. The second-order valence-electron chi connectivity index (χ2n) is 5.93. The normalized spacial score (nSPS) is 11.4. The summed E-state index contributed by atoms with van der Waals surface area (Å²) in [7, 11) is 0. The first-order valence-electron chi connectivity index (χ1n) is 7.01. The molecule has 1 heterocycles. The maximum atomic E-state index is 6.30. The van der Waals surface area contributed by atoms with Gasteiger partial charge in [-0.15, -0.1) is 0 Å². The van der Waals surface area contributed by atoms with Crippen LogP contribution in [0.3, 0.4) is 0 Å². The lowest BCUT2D eigenvalue weighted by Crippen LogP contribution is -2.35. The Morgan fingerprint density at radius 2 is 1.95 bits per heavy atom. The molecule has 0 amide bonds. The van der Waals surface area contributed by atoms with Gasteiger partial charge in [0.2, 0.25) is 0 Å². The molecule has 1 aromatic carbocycles. The number of halogens is 1. The Morgan fingerprint density at radius 3 is 2.62 bits per heavy atom. The number of rotatable bonds is 5. The summed E-state index contributed by atoms with van der Waals surface area (Å²) in [4.78, 5) is 4.26. The minimum absolute atomic E-state index is 0.0252. The van der Waals surface area contributed by atoms with Crippen LogP contribution >= 0.6 is 11.6 Å². The number of benzene rings is 1. The van der Waals surface area contributed by atoms with Gasteiger partial charge < -0.3 is 10.1 Å². The lowest BCUT2D eigenvalue weighted by atomic mass is 10.1. The number of pyridine rings is 1. The number of nitrogens with zero attached hydrogens (tertiary/aromatic N) is 1. The van der Waals surface area contributed by atoms with E-state index in [1.165, 1.54) is 0 Å². The van der Waals surface area contributed by atoms with Crippen molar-refractivity contribution >= 4 is 11.6 Å². The zero-order valence-corrected chi connectivity index (χ0v) is 13.4. The summed E-state index contributed by atoms with van der Waals surface area (Å²) in [6.07, 6.45) is 1.76. The van der Waals surface area contributed by atoms with E-state index >= 15 is 0 Å². The molecule has 4 heteroatoms. The molecular weight excluding hydrogens is 284 g/mol. The third-order valence-electron chi connectivity index (χ3n) is 2.97. The molecule has 3 nitrogen and oxygen atoms in total. The highest BCUT2D eigenvalue weighted by atomic mass is 35.5. The average molecular weight is 305 g/mol. The smallest absolute Gasteiger partial charge is 0.130 e. The van der Waals surface area contributed by atoms with Gasteiger partial charge in [0.15, 0.2) is 0 Å². The summed E-state index contributed by atoms with van der Waals surface area (Å²) in [6, 6.07) is 11.5. The quantitative estimate of drug-likeness (QED) is 0.899. The van der Waals surface area contributed by atoms with Crippen molar-refractivity contribution < 1.29 is 4.74 Å². The Labute approximate surface area is 131 Å². The lowest BCUT2D eigenvalue weighted by Gasteiger charge is -2.22. The molecule has 0 fully saturated rings. The number of ether oxygens (including phenoxy) is 1. The van der Waals surface area contributed by atoms with Gasteiger partial charge in [-0.05, 0) is 45.0 Å². The molecule has 0 unspecified atom stereocenters. The predicted molar refractivity (Wildman–Crippen MR) is 86.6 cm³/mol. The fourth-order valence-electron chi connectivity index (χ4n) is 1.83. The number of hydrogen-bond donors (Lipinski definition) is 1. The molecule has 21 heavy (non-hydrogen) atoms. The van der Waals surface area contributed by atoms with Gasteiger partial charge in [-0.1, -0.05) is 23.7 Å². The van der Waals surface area contributed by atoms with Gasteiger partial charge in [0.1, 0.15) is 12.4 Å². The highest BCUT2D eigenvalue weighted by molar-refractivity contribution is 6.31. The summed E-state index contributed by atoms with van der Waals surface area (Å²) in [5.41, 5.74) is 1.90. The standard InChI is InChI=1S/C17H21ClN2O/c1-17(2,3)20-11-14-15(18)8-6-9-16(14)21-12-13-7-4-5-10-19-13/h4-10,20H,11-12H2,1-3H3. The minimum atomic E-state index is 0.0252. The third kappa shape index (κ3) is 5.03. The summed E-state index contributed by atoms with van der Waals surface area (Å²) in [5.74, 6) is 0.796. The van der Waals surface area contributed by atoms with Gasteiger partial charge in [-0.2, -0.15) is 0 Å². The largest absolute Gasteiger partial charge is 0.487 e. The van der Waals surface area contributed by atoms with E-state index in [1.807, 2.05) is 36.4 Å². The Balaban J connectivity index is 2.10. The first kappa shape index (κ1) is 15.8. The Bertz CT molecular complexity index is 579. The van der Waals surface area contributed by atoms with Gasteiger partial charge in [-0.25, -0.2) is 0 Å². The first-order valence-corrected chi connectivity index (χ1v) is 7.38. The second-order valence-corrected chi connectivity index (χ2v) is 6.34. The number of nitrogens with one attached hydrogen (secondary N) is 1. The fraction of sp³-hybridized carbons (Fsp3) is 0.353. The van der Waals surface area contributed by atoms with E-state index in [0.29, 0.717) is 18.2 Å². The van der Waals surface area contributed by atoms with Crippen molar-refractivity contribution in [3.05, 3.63) is 58.9 Å². The van der Waals surface area contributed by atoms with Crippen molar-refractivity contribution in [3.8, 4) is 5.75 Å². The van der Waals surface area contributed by atoms with Crippen molar-refractivity contribution in [2.45, 2.75) is 39.5 Å². The molecule has 2 aromatic rings. The average Bonchev–Trinajstić information content (AvgIpc) is 2.44. The predicted octanol–water partition coefficient (Wildman–Crippen LogP) is 4.20. The van der Waals surface area contributed by atoms with Gasteiger partial charge in [0.25, 0.3) is 0 Å². The molecule has 0 saturated carbocycles. The summed E-state index contributed by atoms with van der Waals surface area (Å²) in [6.45, 7) is 7.47. The van der Waals surface area contributed by atoms with Crippen LogP contribution in [0.1, 0.15) is 32.0 Å². The Morgan fingerprint density at radius 1 is 1.14 bits per heavy atom. The van der Waals surface area contributed by atoms with Crippen LogP contribution in [0, 0.1) is 0 Å². The van der Waals surface area contributed by atoms with Gasteiger partial charge >= 0.3 is 0 Å². The molecule has 0 aliphatic carbocycles. The van der Waals surface area contributed by atoms with E-state index in [4.69, 9.17) is 16.3 Å². The van der Waals surface area contributed by atoms with Crippen molar-refractivity contribution in [1.29, 1.82) is 0 Å². The van der Waals surface area contributed by atoms with Crippen molar-refractivity contribution in [2.24, 2.45) is 0 Å². The van der Waals surface area contributed by atoms with Crippen LogP contribution in [0.5, 0.6) is 5.75 Å². The maximum absolute atomic E-state index is 6.30. The number of hydrogen-bond acceptors (Lipinski definition) is 3. The van der Waals surface area contributed by atoms with Gasteiger partial charge in [0.05, 0.1) is 5.69 Å². The number of aromatic nitrogens is 1. The molecule has 1 aromatic heterocycles. The monoisotopic (exact) mass is 304 g/mol. The molecule has 1 N–H and O–H groups in total.